The molecule has 3 aromatic rings. The molecular weight excluding hydrogens is 438 g/mol. The summed E-state index contributed by atoms with van der Waals surface area (Å²) in [6.07, 6.45) is 0.726. The van der Waals surface area contributed by atoms with E-state index in [4.69, 9.17) is 20.9 Å². The number of esters is 1. The monoisotopic (exact) mass is 459 g/mol. The predicted molar refractivity (Wildman–Crippen MR) is 120 cm³/mol. The maximum atomic E-state index is 13.3. The highest BCUT2D eigenvalue weighted by atomic mass is 35.5. The highest BCUT2D eigenvalue weighted by Crippen LogP contribution is 2.38. The summed E-state index contributed by atoms with van der Waals surface area (Å²) in [4.78, 5) is 29.3. The molecule has 9 heteroatoms. The molecule has 1 aliphatic rings. The zero-order valence-corrected chi connectivity index (χ0v) is 19.0. The minimum Gasteiger partial charge on any atom is -0.462 e. The van der Waals surface area contributed by atoms with Crippen molar-refractivity contribution in [1.29, 1.82) is 0 Å². The number of nitrogens with one attached hydrogen (secondary N) is 1. The Hall–Kier alpha value is -2.68. The molecule has 1 amide bonds. The van der Waals surface area contributed by atoms with Gasteiger partial charge in [0.05, 0.1) is 17.2 Å². The summed E-state index contributed by atoms with van der Waals surface area (Å²) in [5.74, 6) is -0.467. The Bertz CT molecular complexity index is 1150. The molecule has 162 valence electrons. The first-order valence-corrected chi connectivity index (χ1v) is 11.1. The van der Waals surface area contributed by atoms with Crippen LogP contribution in [0, 0.1) is 6.92 Å². The number of nitrogens with zero attached hydrogens (tertiary/aromatic N) is 2. The van der Waals surface area contributed by atoms with E-state index in [1.807, 2.05) is 13.1 Å². The molecule has 0 unspecified atom stereocenters. The molecule has 4 rings (SSSR count). The van der Waals surface area contributed by atoms with Crippen molar-refractivity contribution in [3.8, 4) is 11.3 Å². The van der Waals surface area contributed by atoms with Crippen molar-refractivity contribution < 1.29 is 18.8 Å². The molecule has 1 aromatic carbocycles. The van der Waals surface area contributed by atoms with Gasteiger partial charge < -0.3 is 19.5 Å². The molecule has 0 fully saturated rings. The van der Waals surface area contributed by atoms with Crippen molar-refractivity contribution in [1.82, 2.24) is 10.1 Å². The Morgan fingerprint density at radius 3 is 2.84 bits per heavy atom. The van der Waals surface area contributed by atoms with Crippen molar-refractivity contribution in [3.63, 3.8) is 0 Å². The van der Waals surface area contributed by atoms with Crippen molar-refractivity contribution in [2.75, 3.05) is 25.5 Å². The van der Waals surface area contributed by atoms with E-state index in [1.54, 1.807) is 32.0 Å². The van der Waals surface area contributed by atoms with E-state index >= 15 is 0 Å². The highest BCUT2D eigenvalue weighted by molar-refractivity contribution is 7.17. The zero-order valence-electron chi connectivity index (χ0n) is 17.5. The van der Waals surface area contributed by atoms with Crippen LogP contribution in [0.3, 0.4) is 0 Å². The first kappa shape index (κ1) is 21.5. The van der Waals surface area contributed by atoms with E-state index in [0.29, 0.717) is 32.6 Å². The van der Waals surface area contributed by atoms with Crippen LogP contribution in [0.5, 0.6) is 0 Å². The Kier molecular flexibility index (Phi) is 6.13. The second kappa shape index (κ2) is 8.82. The number of amides is 1. The third-order valence-electron chi connectivity index (χ3n) is 5.17. The Morgan fingerprint density at radius 1 is 1.32 bits per heavy atom. The number of anilines is 1. The van der Waals surface area contributed by atoms with Crippen molar-refractivity contribution in [2.24, 2.45) is 0 Å². The average molecular weight is 460 g/mol. The van der Waals surface area contributed by atoms with Crippen molar-refractivity contribution in [3.05, 3.63) is 56.6 Å². The number of carbonyl (C=O) groups is 2. The number of hydrogen-bond acceptors (Lipinski definition) is 7. The topological polar surface area (TPSA) is 84.7 Å². The van der Waals surface area contributed by atoms with Gasteiger partial charge in [0, 0.05) is 23.5 Å². The second-order valence-electron chi connectivity index (χ2n) is 7.31. The Morgan fingerprint density at radius 2 is 2.10 bits per heavy atom. The van der Waals surface area contributed by atoms with E-state index < -0.39 is 11.9 Å². The van der Waals surface area contributed by atoms with E-state index in [-0.39, 0.29) is 12.2 Å². The number of rotatable bonds is 5. The SMILES string of the molecule is CCOC(=O)c1c(NC(=O)c2c(-c3ccccc3Cl)noc2C)sc2c1CCN(C)C2. The van der Waals surface area contributed by atoms with Crippen LogP contribution in [0.2, 0.25) is 5.02 Å². The lowest BCUT2D eigenvalue weighted by atomic mass is 10.0. The number of fused-ring (bicyclic) bond motifs is 1. The molecule has 3 heterocycles. The fourth-order valence-corrected chi connectivity index (χ4v) is 5.22. The lowest BCUT2D eigenvalue weighted by Gasteiger charge is -2.22. The third kappa shape index (κ3) is 4.11. The average Bonchev–Trinajstić information content (AvgIpc) is 3.28. The lowest BCUT2D eigenvalue weighted by Crippen LogP contribution is -2.26. The fourth-order valence-electron chi connectivity index (χ4n) is 3.68. The maximum Gasteiger partial charge on any atom is 0.341 e. The molecule has 1 N–H and O–H groups in total. The smallest absolute Gasteiger partial charge is 0.341 e. The van der Waals surface area contributed by atoms with Crippen LogP contribution in [0.25, 0.3) is 11.3 Å². The summed E-state index contributed by atoms with van der Waals surface area (Å²) in [6.45, 7) is 5.25. The molecule has 0 aliphatic carbocycles. The number of halogens is 1. The molecule has 0 atom stereocenters. The summed E-state index contributed by atoms with van der Waals surface area (Å²) >= 11 is 7.72. The van der Waals surface area contributed by atoms with Gasteiger partial charge in [0.2, 0.25) is 0 Å². The number of ether oxygens (including phenoxy) is 1. The van der Waals surface area contributed by atoms with Crippen LogP contribution >= 0.6 is 22.9 Å². The van der Waals surface area contributed by atoms with Gasteiger partial charge >= 0.3 is 5.97 Å². The van der Waals surface area contributed by atoms with Gasteiger partial charge in [-0.05, 0) is 38.9 Å². The Balaban J connectivity index is 1.73. The predicted octanol–water partition coefficient (Wildman–Crippen LogP) is 4.78. The number of aryl methyl sites for hydroxylation is 1. The minimum absolute atomic E-state index is 0.262. The molecule has 1 aliphatic heterocycles. The molecule has 0 saturated carbocycles. The first-order chi connectivity index (χ1) is 14.9. The van der Waals surface area contributed by atoms with Gasteiger partial charge in [0.25, 0.3) is 5.91 Å². The van der Waals surface area contributed by atoms with Crippen molar-refractivity contribution in [2.45, 2.75) is 26.8 Å². The summed E-state index contributed by atoms with van der Waals surface area (Å²) in [6, 6.07) is 7.12. The summed E-state index contributed by atoms with van der Waals surface area (Å²) in [5.41, 5.74) is 2.64. The molecule has 0 radical (unpaired) electrons. The summed E-state index contributed by atoms with van der Waals surface area (Å²) in [5, 5.41) is 7.91. The van der Waals surface area contributed by atoms with Crippen LogP contribution in [-0.2, 0) is 17.7 Å². The van der Waals surface area contributed by atoms with E-state index in [0.717, 1.165) is 30.0 Å². The van der Waals surface area contributed by atoms with Gasteiger partial charge in [-0.1, -0.05) is 35.0 Å². The summed E-state index contributed by atoms with van der Waals surface area (Å²) in [7, 11) is 2.03. The number of hydrogen-bond donors (Lipinski definition) is 1. The highest BCUT2D eigenvalue weighted by Gasteiger charge is 2.30. The van der Waals surface area contributed by atoms with E-state index in [1.165, 1.54) is 11.3 Å². The number of carbonyl (C=O) groups excluding carboxylic acids is 2. The molecule has 0 bridgehead atoms. The molecule has 0 saturated heterocycles. The van der Waals surface area contributed by atoms with Gasteiger partial charge in [-0.15, -0.1) is 11.3 Å². The molecule has 7 nitrogen and oxygen atoms in total. The summed E-state index contributed by atoms with van der Waals surface area (Å²) < 4.78 is 10.6. The molecule has 2 aromatic heterocycles. The number of aromatic nitrogens is 1. The van der Waals surface area contributed by atoms with Crippen molar-refractivity contribution >= 4 is 39.8 Å². The lowest BCUT2D eigenvalue weighted by molar-refractivity contribution is 0.0526. The second-order valence-corrected chi connectivity index (χ2v) is 8.82. The van der Waals surface area contributed by atoms with Gasteiger partial charge in [-0.2, -0.15) is 0 Å². The van der Waals surface area contributed by atoms with Crippen LogP contribution in [0.4, 0.5) is 5.00 Å². The first-order valence-electron chi connectivity index (χ1n) is 9.93. The van der Waals surface area contributed by atoms with Crippen LogP contribution < -0.4 is 5.32 Å². The molecule has 0 spiro atoms. The third-order valence-corrected chi connectivity index (χ3v) is 6.63. The van der Waals surface area contributed by atoms with Gasteiger partial charge in [0.1, 0.15) is 22.0 Å². The largest absolute Gasteiger partial charge is 0.462 e. The normalized spacial score (nSPS) is 13.7. The minimum atomic E-state index is -0.423. The maximum absolute atomic E-state index is 13.3. The fraction of sp³-hybridized carbons (Fsp3) is 0.318. The van der Waals surface area contributed by atoms with Crippen LogP contribution in [-0.4, -0.2) is 42.1 Å². The number of benzene rings is 1. The van der Waals surface area contributed by atoms with Gasteiger partial charge in [-0.25, -0.2) is 4.79 Å². The standard InChI is InChI=1S/C22H22ClN3O4S/c1-4-29-22(28)18-14-9-10-26(3)11-16(14)31-21(18)24-20(27)17-12(2)30-25-19(17)13-7-5-6-8-15(13)23/h5-8H,4,9-11H2,1-3H3,(H,24,27). The Labute approximate surface area is 188 Å². The quantitative estimate of drug-likeness (QED) is 0.552. The molecular formula is C22H22ClN3O4S. The number of thiophene rings is 1. The number of likely N-dealkylation sites (N-methyl/N-ethyl adjacent to an activating group) is 1. The van der Waals surface area contributed by atoms with Gasteiger partial charge in [-0.3, -0.25) is 4.79 Å². The van der Waals surface area contributed by atoms with Crippen LogP contribution in [0.15, 0.2) is 28.8 Å². The van der Waals surface area contributed by atoms with E-state index in [9.17, 15) is 9.59 Å². The molecule has 31 heavy (non-hydrogen) atoms. The van der Waals surface area contributed by atoms with Crippen LogP contribution in [0.1, 0.15) is 43.8 Å². The van der Waals surface area contributed by atoms with Gasteiger partial charge in [0.15, 0.2) is 0 Å². The zero-order chi connectivity index (χ0) is 22.1. The van der Waals surface area contributed by atoms with E-state index in [2.05, 4.69) is 15.4 Å².